The lowest BCUT2D eigenvalue weighted by Gasteiger charge is -2.32. The molecule has 0 saturated heterocycles. The molecule has 0 amide bonds. The van der Waals surface area contributed by atoms with Gasteiger partial charge in [-0.15, -0.1) is 0 Å². The Hall–Kier alpha value is -1.16. The average Bonchev–Trinajstić information content (AvgIpc) is 2.74. The summed E-state index contributed by atoms with van der Waals surface area (Å²) in [5.74, 6) is 1.31. The van der Waals surface area contributed by atoms with Gasteiger partial charge in [-0.05, 0) is 49.3 Å². The number of hydrogen-bond donors (Lipinski definition) is 1. The standard InChI is InChI=1S/C15H19FN2S/c1-9-3-5-12(10(2)7-9)17-15-18-13-6-4-11(16)8-14(13)19-15/h4,6,8-10,12H,3,5,7H2,1-2H3,(H,17,18). The Balaban J connectivity index is 1.77. The van der Waals surface area contributed by atoms with Gasteiger partial charge in [-0.3, -0.25) is 0 Å². The minimum atomic E-state index is -0.192. The van der Waals surface area contributed by atoms with Gasteiger partial charge in [0.2, 0.25) is 0 Å². The first-order chi connectivity index (χ1) is 9.11. The summed E-state index contributed by atoms with van der Waals surface area (Å²) in [6.45, 7) is 4.63. The molecule has 1 aliphatic carbocycles. The number of nitrogens with zero attached hydrogens (tertiary/aromatic N) is 1. The van der Waals surface area contributed by atoms with Gasteiger partial charge in [0.1, 0.15) is 5.82 Å². The molecule has 1 aromatic heterocycles. The van der Waals surface area contributed by atoms with Crippen molar-refractivity contribution in [1.82, 2.24) is 4.98 Å². The first-order valence-electron chi connectivity index (χ1n) is 6.94. The van der Waals surface area contributed by atoms with Crippen molar-refractivity contribution in [2.24, 2.45) is 11.8 Å². The molecule has 3 atom stereocenters. The van der Waals surface area contributed by atoms with Crippen LogP contribution in [0.5, 0.6) is 0 Å². The smallest absolute Gasteiger partial charge is 0.184 e. The molecule has 19 heavy (non-hydrogen) atoms. The van der Waals surface area contributed by atoms with Crippen LogP contribution in [-0.2, 0) is 0 Å². The summed E-state index contributed by atoms with van der Waals surface area (Å²) in [5, 5.41) is 4.47. The van der Waals surface area contributed by atoms with Crippen LogP contribution in [0.2, 0.25) is 0 Å². The largest absolute Gasteiger partial charge is 0.358 e. The number of benzene rings is 1. The zero-order chi connectivity index (χ0) is 13.4. The van der Waals surface area contributed by atoms with Crippen LogP contribution >= 0.6 is 11.3 Å². The number of fused-ring (bicyclic) bond motifs is 1. The number of hydrogen-bond acceptors (Lipinski definition) is 3. The Bertz CT molecular complexity index is 581. The summed E-state index contributed by atoms with van der Waals surface area (Å²) in [4.78, 5) is 4.54. The highest BCUT2D eigenvalue weighted by molar-refractivity contribution is 7.22. The van der Waals surface area contributed by atoms with E-state index in [1.165, 1.54) is 25.3 Å². The predicted molar refractivity (Wildman–Crippen MR) is 79.2 cm³/mol. The minimum absolute atomic E-state index is 0.192. The van der Waals surface area contributed by atoms with Crippen molar-refractivity contribution < 1.29 is 4.39 Å². The lowest BCUT2D eigenvalue weighted by atomic mass is 9.80. The number of nitrogens with one attached hydrogen (secondary N) is 1. The zero-order valence-corrected chi connectivity index (χ0v) is 12.1. The topological polar surface area (TPSA) is 24.9 Å². The van der Waals surface area contributed by atoms with Crippen molar-refractivity contribution in [2.45, 2.75) is 39.2 Å². The van der Waals surface area contributed by atoms with Crippen LogP contribution in [0, 0.1) is 17.7 Å². The molecule has 0 aliphatic heterocycles. The Labute approximate surface area is 117 Å². The summed E-state index contributed by atoms with van der Waals surface area (Å²) >= 11 is 1.55. The van der Waals surface area contributed by atoms with E-state index in [2.05, 4.69) is 24.1 Å². The Morgan fingerprint density at radius 2 is 2.16 bits per heavy atom. The van der Waals surface area contributed by atoms with Crippen LogP contribution < -0.4 is 5.32 Å². The summed E-state index contributed by atoms with van der Waals surface area (Å²) < 4.78 is 14.1. The second-order valence-electron chi connectivity index (χ2n) is 5.78. The normalized spacial score (nSPS) is 27.6. The SMILES string of the molecule is CC1CCC(Nc2nc3ccc(F)cc3s2)C(C)C1. The molecule has 1 aliphatic rings. The number of halogens is 1. The molecule has 2 nitrogen and oxygen atoms in total. The van der Waals surface area contributed by atoms with E-state index < -0.39 is 0 Å². The highest BCUT2D eigenvalue weighted by Gasteiger charge is 2.25. The van der Waals surface area contributed by atoms with E-state index in [0.29, 0.717) is 12.0 Å². The van der Waals surface area contributed by atoms with Crippen molar-refractivity contribution >= 4 is 26.7 Å². The molecule has 4 heteroatoms. The highest BCUT2D eigenvalue weighted by atomic mass is 32.1. The van der Waals surface area contributed by atoms with E-state index in [1.807, 2.05) is 0 Å². The van der Waals surface area contributed by atoms with Crippen LogP contribution in [0.15, 0.2) is 18.2 Å². The van der Waals surface area contributed by atoms with Crippen molar-refractivity contribution in [3.05, 3.63) is 24.0 Å². The zero-order valence-electron chi connectivity index (χ0n) is 11.3. The maximum Gasteiger partial charge on any atom is 0.184 e. The van der Waals surface area contributed by atoms with Crippen molar-refractivity contribution in [2.75, 3.05) is 5.32 Å². The van der Waals surface area contributed by atoms with E-state index in [1.54, 1.807) is 23.5 Å². The molecule has 0 bridgehead atoms. The molecule has 1 saturated carbocycles. The lowest BCUT2D eigenvalue weighted by molar-refractivity contribution is 0.276. The maximum atomic E-state index is 13.2. The molecule has 102 valence electrons. The Kier molecular flexibility index (Phi) is 3.44. The number of aromatic nitrogens is 1. The van der Waals surface area contributed by atoms with E-state index in [-0.39, 0.29) is 5.82 Å². The Morgan fingerprint density at radius 3 is 2.95 bits per heavy atom. The van der Waals surface area contributed by atoms with Gasteiger partial charge in [0, 0.05) is 6.04 Å². The molecule has 1 fully saturated rings. The van der Waals surface area contributed by atoms with E-state index in [9.17, 15) is 4.39 Å². The fourth-order valence-electron chi connectivity index (χ4n) is 3.00. The molecular formula is C15H19FN2S. The molecule has 3 unspecified atom stereocenters. The van der Waals surface area contributed by atoms with Crippen LogP contribution in [0.1, 0.15) is 33.1 Å². The molecular weight excluding hydrogens is 259 g/mol. The summed E-state index contributed by atoms with van der Waals surface area (Å²) in [7, 11) is 0. The first-order valence-corrected chi connectivity index (χ1v) is 7.76. The molecule has 0 spiro atoms. The summed E-state index contributed by atoms with van der Waals surface area (Å²) in [6, 6.07) is 5.28. The van der Waals surface area contributed by atoms with Crippen molar-refractivity contribution in [3.8, 4) is 0 Å². The van der Waals surface area contributed by atoms with Gasteiger partial charge in [0.25, 0.3) is 0 Å². The van der Waals surface area contributed by atoms with Gasteiger partial charge in [0.05, 0.1) is 10.2 Å². The molecule has 3 rings (SSSR count). The van der Waals surface area contributed by atoms with Gasteiger partial charge in [0.15, 0.2) is 5.13 Å². The quantitative estimate of drug-likeness (QED) is 0.863. The second kappa shape index (κ2) is 5.08. The van der Waals surface area contributed by atoms with E-state index in [0.717, 1.165) is 21.3 Å². The highest BCUT2D eigenvalue weighted by Crippen LogP contribution is 2.33. The number of rotatable bonds is 2. The van der Waals surface area contributed by atoms with Crippen molar-refractivity contribution in [1.29, 1.82) is 0 Å². The maximum absolute atomic E-state index is 13.2. The van der Waals surface area contributed by atoms with Crippen LogP contribution in [-0.4, -0.2) is 11.0 Å². The van der Waals surface area contributed by atoms with Gasteiger partial charge in [-0.25, -0.2) is 9.37 Å². The third kappa shape index (κ3) is 2.73. The Morgan fingerprint density at radius 1 is 1.32 bits per heavy atom. The van der Waals surface area contributed by atoms with E-state index >= 15 is 0 Å². The number of thiazole rings is 1. The molecule has 2 aromatic rings. The van der Waals surface area contributed by atoms with Crippen LogP contribution in [0.25, 0.3) is 10.2 Å². The van der Waals surface area contributed by atoms with Gasteiger partial charge < -0.3 is 5.32 Å². The number of anilines is 1. The van der Waals surface area contributed by atoms with E-state index in [4.69, 9.17) is 0 Å². The molecule has 0 radical (unpaired) electrons. The predicted octanol–water partition coefficient (Wildman–Crippen LogP) is 4.67. The average molecular weight is 278 g/mol. The second-order valence-corrected chi connectivity index (χ2v) is 6.81. The third-order valence-corrected chi connectivity index (χ3v) is 5.04. The molecule has 1 heterocycles. The van der Waals surface area contributed by atoms with Gasteiger partial charge >= 0.3 is 0 Å². The minimum Gasteiger partial charge on any atom is -0.358 e. The van der Waals surface area contributed by atoms with Crippen molar-refractivity contribution in [3.63, 3.8) is 0 Å². The third-order valence-electron chi connectivity index (χ3n) is 4.09. The lowest BCUT2D eigenvalue weighted by Crippen LogP contribution is -2.32. The monoisotopic (exact) mass is 278 g/mol. The summed E-state index contributed by atoms with van der Waals surface area (Å²) in [5.41, 5.74) is 0.880. The first kappa shape index (κ1) is 12.9. The van der Waals surface area contributed by atoms with Crippen LogP contribution in [0.4, 0.5) is 9.52 Å². The molecule has 1 aromatic carbocycles. The van der Waals surface area contributed by atoms with Crippen LogP contribution in [0.3, 0.4) is 0 Å². The van der Waals surface area contributed by atoms with Gasteiger partial charge in [-0.1, -0.05) is 25.2 Å². The molecule has 1 N–H and O–H groups in total. The fourth-order valence-corrected chi connectivity index (χ4v) is 3.95. The fraction of sp³-hybridized carbons (Fsp3) is 0.533. The van der Waals surface area contributed by atoms with Gasteiger partial charge in [-0.2, -0.15) is 0 Å². The summed E-state index contributed by atoms with van der Waals surface area (Å²) in [6.07, 6.45) is 3.76.